The Hall–Kier alpha value is -0.870. The number of benzene rings is 1. The van der Waals surface area contributed by atoms with Crippen LogP contribution in [0.25, 0.3) is 0 Å². The average molecular weight is 314 g/mol. The summed E-state index contributed by atoms with van der Waals surface area (Å²) in [5.74, 6) is -0.343. The maximum atomic E-state index is 11.8. The highest BCUT2D eigenvalue weighted by atomic mass is 79.9. The van der Waals surface area contributed by atoms with Crippen molar-refractivity contribution in [2.45, 2.75) is 26.3 Å². The number of esters is 1. The van der Waals surface area contributed by atoms with Gasteiger partial charge < -0.3 is 10.1 Å². The Morgan fingerprint density at radius 3 is 2.67 bits per heavy atom. The molecule has 1 rings (SSSR count). The summed E-state index contributed by atoms with van der Waals surface area (Å²) in [6.07, 6.45) is 0.740. The van der Waals surface area contributed by atoms with Crippen molar-refractivity contribution in [1.82, 2.24) is 5.32 Å². The minimum atomic E-state index is -0.173. The van der Waals surface area contributed by atoms with Gasteiger partial charge in [0.25, 0.3) is 0 Å². The lowest BCUT2D eigenvalue weighted by molar-refractivity contribution is -0.146. The fourth-order valence-electron chi connectivity index (χ4n) is 2.21. The van der Waals surface area contributed by atoms with E-state index in [0.29, 0.717) is 0 Å². The van der Waals surface area contributed by atoms with Gasteiger partial charge in [-0.15, -0.1) is 0 Å². The van der Waals surface area contributed by atoms with Crippen molar-refractivity contribution in [2.75, 3.05) is 14.2 Å². The molecule has 18 heavy (non-hydrogen) atoms. The molecule has 1 N–H and O–H groups in total. The van der Waals surface area contributed by atoms with Gasteiger partial charge >= 0.3 is 5.97 Å². The van der Waals surface area contributed by atoms with E-state index in [1.54, 1.807) is 0 Å². The number of ether oxygens (including phenoxy) is 1. The number of methoxy groups -OCH3 is 1. The third-order valence-corrected chi connectivity index (χ3v) is 3.73. The second-order valence-electron chi connectivity index (χ2n) is 4.31. The van der Waals surface area contributed by atoms with Crippen molar-refractivity contribution in [3.8, 4) is 0 Å². The first kappa shape index (κ1) is 15.2. The van der Waals surface area contributed by atoms with E-state index in [4.69, 9.17) is 4.74 Å². The van der Waals surface area contributed by atoms with E-state index in [2.05, 4.69) is 34.2 Å². The summed E-state index contributed by atoms with van der Waals surface area (Å²) in [6.45, 7) is 4.05. The highest BCUT2D eigenvalue weighted by molar-refractivity contribution is 9.10. The molecule has 100 valence electrons. The Labute approximate surface area is 117 Å². The van der Waals surface area contributed by atoms with E-state index in [1.807, 2.05) is 26.1 Å². The highest BCUT2D eigenvalue weighted by Crippen LogP contribution is 2.30. The van der Waals surface area contributed by atoms with Crippen LogP contribution in [0, 0.1) is 12.8 Å². The monoisotopic (exact) mass is 313 g/mol. The van der Waals surface area contributed by atoms with E-state index in [-0.39, 0.29) is 17.9 Å². The van der Waals surface area contributed by atoms with E-state index in [0.717, 1.165) is 16.5 Å². The standard InChI is InChI=1S/C14H20BrNO2/c1-5-11(14(17)18-4)13(16-3)12-8-10(15)7-6-9(12)2/h6-8,11,13,16H,5H2,1-4H3. The van der Waals surface area contributed by atoms with Gasteiger partial charge in [-0.05, 0) is 43.7 Å². The molecule has 0 aromatic heterocycles. The van der Waals surface area contributed by atoms with Crippen molar-refractivity contribution in [2.24, 2.45) is 5.92 Å². The van der Waals surface area contributed by atoms with Crippen molar-refractivity contribution in [3.63, 3.8) is 0 Å². The summed E-state index contributed by atoms with van der Waals surface area (Å²) < 4.78 is 5.90. The van der Waals surface area contributed by atoms with Gasteiger partial charge in [-0.1, -0.05) is 28.9 Å². The fraction of sp³-hybridized carbons (Fsp3) is 0.500. The Morgan fingerprint density at radius 1 is 1.50 bits per heavy atom. The van der Waals surface area contributed by atoms with Crippen LogP contribution in [-0.4, -0.2) is 20.1 Å². The lowest BCUT2D eigenvalue weighted by Gasteiger charge is -2.25. The molecule has 0 bridgehead atoms. The van der Waals surface area contributed by atoms with Gasteiger partial charge in [0.15, 0.2) is 0 Å². The van der Waals surface area contributed by atoms with Gasteiger partial charge in [0.2, 0.25) is 0 Å². The quantitative estimate of drug-likeness (QED) is 0.848. The molecule has 0 aliphatic carbocycles. The molecule has 2 unspecified atom stereocenters. The smallest absolute Gasteiger partial charge is 0.310 e. The minimum Gasteiger partial charge on any atom is -0.469 e. The van der Waals surface area contributed by atoms with Crippen LogP contribution in [0.5, 0.6) is 0 Å². The van der Waals surface area contributed by atoms with Gasteiger partial charge in [0.1, 0.15) is 0 Å². The normalized spacial score (nSPS) is 14.1. The number of halogens is 1. The Morgan fingerprint density at radius 2 is 2.17 bits per heavy atom. The predicted octanol–water partition coefficient (Wildman–Crippen LogP) is 3.22. The Balaban J connectivity index is 3.15. The molecule has 0 heterocycles. The van der Waals surface area contributed by atoms with Crippen LogP contribution in [-0.2, 0) is 9.53 Å². The summed E-state index contributed by atoms with van der Waals surface area (Å²) in [7, 11) is 3.31. The van der Waals surface area contributed by atoms with Gasteiger partial charge in [0, 0.05) is 10.5 Å². The Kier molecular flexibility index (Phi) is 5.82. The summed E-state index contributed by atoms with van der Waals surface area (Å²) in [5.41, 5.74) is 2.30. The molecule has 0 amide bonds. The van der Waals surface area contributed by atoms with Crippen LogP contribution in [0.2, 0.25) is 0 Å². The molecule has 0 fully saturated rings. The van der Waals surface area contributed by atoms with E-state index in [9.17, 15) is 4.79 Å². The minimum absolute atomic E-state index is 0.0278. The number of rotatable bonds is 5. The molecule has 2 atom stereocenters. The third-order valence-electron chi connectivity index (χ3n) is 3.23. The molecular formula is C14H20BrNO2. The largest absolute Gasteiger partial charge is 0.469 e. The number of hydrogen-bond acceptors (Lipinski definition) is 3. The molecule has 0 radical (unpaired) electrons. The third kappa shape index (κ3) is 3.33. The van der Waals surface area contributed by atoms with Crippen LogP contribution in [0.15, 0.2) is 22.7 Å². The van der Waals surface area contributed by atoms with Crippen molar-refractivity contribution in [1.29, 1.82) is 0 Å². The summed E-state index contributed by atoms with van der Waals surface area (Å²) >= 11 is 3.47. The summed E-state index contributed by atoms with van der Waals surface area (Å²) in [5, 5.41) is 3.23. The predicted molar refractivity (Wildman–Crippen MR) is 76.5 cm³/mol. The Bertz CT molecular complexity index is 420. The van der Waals surface area contributed by atoms with E-state index < -0.39 is 0 Å². The van der Waals surface area contributed by atoms with Crippen molar-refractivity contribution < 1.29 is 9.53 Å². The molecule has 1 aromatic rings. The number of hydrogen-bond donors (Lipinski definition) is 1. The first-order chi connectivity index (χ1) is 8.54. The SMILES string of the molecule is CCC(C(=O)OC)C(NC)c1cc(Br)ccc1C. The van der Waals surface area contributed by atoms with Crippen LogP contribution in [0.1, 0.15) is 30.5 Å². The average Bonchev–Trinajstić information content (AvgIpc) is 2.38. The molecule has 0 saturated carbocycles. The molecule has 0 saturated heterocycles. The molecule has 1 aromatic carbocycles. The molecular weight excluding hydrogens is 294 g/mol. The second-order valence-corrected chi connectivity index (χ2v) is 5.22. The van der Waals surface area contributed by atoms with Gasteiger partial charge in [0.05, 0.1) is 13.0 Å². The van der Waals surface area contributed by atoms with Gasteiger partial charge in [-0.25, -0.2) is 0 Å². The first-order valence-corrected chi connectivity index (χ1v) is 6.85. The van der Waals surface area contributed by atoms with Crippen LogP contribution < -0.4 is 5.32 Å². The molecule has 0 aliphatic rings. The zero-order valence-corrected chi connectivity index (χ0v) is 12.9. The molecule has 0 spiro atoms. The topological polar surface area (TPSA) is 38.3 Å². The number of carbonyl (C=O) groups is 1. The molecule has 4 heteroatoms. The number of nitrogens with one attached hydrogen (secondary N) is 1. The van der Waals surface area contributed by atoms with Crippen LogP contribution >= 0.6 is 15.9 Å². The lowest BCUT2D eigenvalue weighted by Crippen LogP contribution is -2.31. The van der Waals surface area contributed by atoms with Crippen LogP contribution in [0.4, 0.5) is 0 Å². The zero-order valence-electron chi connectivity index (χ0n) is 11.3. The number of aryl methyl sites for hydroxylation is 1. The summed E-state index contributed by atoms with van der Waals surface area (Å²) in [4.78, 5) is 11.8. The maximum Gasteiger partial charge on any atom is 0.310 e. The highest BCUT2D eigenvalue weighted by Gasteiger charge is 2.28. The lowest BCUT2D eigenvalue weighted by atomic mass is 9.88. The second kappa shape index (κ2) is 6.90. The van der Waals surface area contributed by atoms with Crippen molar-refractivity contribution in [3.05, 3.63) is 33.8 Å². The van der Waals surface area contributed by atoms with E-state index >= 15 is 0 Å². The van der Waals surface area contributed by atoms with Gasteiger partial charge in [-0.3, -0.25) is 4.79 Å². The molecule has 0 aliphatic heterocycles. The fourth-order valence-corrected chi connectivity index (χ4v) is 2.59. The van der Waals surface area contributed by atoms with Crippen molar-refractivity contribution >= 4 is 21.9 Å². The molecule has 3 nitrogen and oxygen atoms in total. The number of carbonyl (C=O) groups excluding carboxylic acids is 1. The first-order valence-electron chi connectivity index (χ1n) is 6.06. The van der Waals surface area contributed by atoms with E-state index in [1.165, 1.54) is 12.7 Å². The summed E-state index contributed by atoms with van der Waals surface area (Å²) in [6, 6.07) is 6.08. The van der Waals surface area contributed by atoms with Crippen LogP contribution in [0.3, 0.4) is 0 Å². The zero-order chi connectivity index (χ0) is 13.7. The van der Waals surface area contributed by atoms with Gasteiger partial charge in [-0.2, -0.15) is 0 Å². The maximum absolute atomic E-state index is 11.8.